The summed E-state index contributed by atoms with van der Waals surface area (Å²) in [6, 6.07) is 0. The van der Waals surface area contributed by atoms with Crippen LogP contribution >= 0.6 is 0 Å². The number of carbonyl (C=O) groups excluding carboxylic acids is 1. The Bertz CT molecular complexity index is 586. The lowest BCUT2D eigenvalue weighted by Crippen LogP contribution is -2.13. The maximum Gasteiger partial charge on any atom is 0.356 e. The van der Waals surface area contributed by atoms with E-state index in [2.05, 4.69) is 15.1 Å². The van der Waals surface area contributed by atoms with Crippen LogP contribution in [0.1, 0.15) is 47.8 Å². The van der Waals surface area contributed by atoms with Crippen molar-refractivity contribution in [3.05, 3.63) is 29.4 Å². The van der Waals surface area contributed by atoms with E-state index in [1.807, 2.05) is 13.8 Å². The van der Waals surface area contributed by atoms with Gasteiger partial charge in [0.25, 0.3) is 0 Å². The minimum Gasteiger partial charge on any atom is -0.464 e. The second-order valence-corrected chi connectivity index (χ2v) is 4.47. The summed E-state index contributed by atoms with van der Waals surface area (Å²) in [6.07, 6.45) is 1.48. The second-order valence-electron chi connectivity index (χ2n) is 4.47. The summed E-state index contributed by atoms with van der Waals surface area (Å²) in [5.74, 6) is 1.51. The van der Waals surface area contributed by atoms with Crippen LogP contribution in [0.4, 0.5) is 0 Å². The molecule has 2 aromatic rings. The molecular formula is C12H16N4O3. The summed E-state index contributed by atoms with van der Waals surface area (Å²) >= 11 is 0. The third-order valence-electron chi connectivity index (χ3n) is 2.73. The maximum absolute atomic E-state index is 11.6. The number of aromatic nitrogens is 4. The SMILES string of the molecule is COC(=O)c1cnc(C)n1Cc1noc(C(C)C)n1. The van der Waals surface area contributed by atoms with Gasteiger partial charge in [-0.1, -0.05) is 19.0 Å². The smallest absolute Gasteiger partial charge is 0.356 e. The number of rotatable bonds is 4. The van der Waals surface area contributed by atoms with Crippen LogP contribution in [-0.2, 0) is 11.3 Å². The number of aryl methyl sites for hydroxylation is 1. The second kappa shape index (κ2) is 5.21. The molecule has 2 aromatic heterocycles. The third kappa shape index (κ3) is 2.64. The van der Waals surface area contributed by atoms with E-state index in [0.717, 1.165) is 0 Å². The molecule has 0 unspecified atom stereocenters. The first-order valence-corrected chi connectivity index (χ1v) is 5.95. The molecule has 7 heteroatoms. The molecule has 0 saturated carbocycles. The number of imidazole rings is 1. The van der Waals surface area contributed by atoms with E-state index >= 15 is 0 Å². The van der Waals surface area contributed by atoms with Gasteiger partial charge < -0.3 is 13.8 Å². The molecule has 0 atom stereocenters. The van der Waals surface area contributed by atoms with Crippen molar-refractivity contribution in [1.82, 2.24) is 19.7 Å². The van der Waals surface area contributed by atoms with Crippen LogP contribution in [0.5, 0.6) is 0 Å². The van der Waals surface area contributed by atoms with Gasteiger partial charge in [0.15, 0.2) is 5.82 Å². The molecule has 0 aliphatic heterocycles. The quantitative estimate of drug-likeness (QED) is 0.779. The minimum atomic E-state index is -0.437. The molecule has 102 valence electrons. The fraction of sp³-hybridized carbons (Fsp3) is 0.500. The fourth-order valence-electron chi connectivity index (χ4n) is 1.64. The Hall–Kier alpha value is -2.18. The summed E-state index contributed by atoms with van der Waals surface area (Å²) in [7, 11) is 1.33. The molecule has 0 aliphatic carbocycles. The molecule has 0 saturated heterocycles. The minimum absolute atomic E-state index is 0.171. The number of nitrogens with zero attached hydrogens (tertiary/aromatic N) is 4. The van der Waals surface area contributed by atoms with Crippen LogP contribution in [-0.4, -0.2) is 32.8 Å². The average Bonchev–Trinajstić information content (AvgIpc) is 2.98. The fourth-order valence-corrected chi connectivity index (χ4v) is 1.64. The van der Waals surface area contributed by atoms with Gasteiger partial charge in [-0.15, -0.1) is 0 Å². The summed E-state index contributed by atoms with van der Waals surface area (Å²) in [4.78, 5) is 20.0. The zero-order chi connectivity index (χ0) is 14.0. The molecular weight excluding hydrogens is 248 g/mol. The third-order valence-corrected chi connectivity index (χ3v) is 2.73. The topological polar surface area (TPSA) is 83.0 Å². The highest BCUT2D eigenvalue weighted by Crippen LogP contribution is 2.13. The molecule has 19 heavy (non-hydrogen) atoms. The Balaban J connectivity index is 2.27. The lowest BCUT2D eigenvalue weighted by molar-refractivity contribution is 0.0588. The van der Waals surface area contributed by atoms with Gasteiger partial charge in [0.05, 0.1) is 19.9 Å². The molecule has 2 rings (SSSR count). The lowest BCUT2D eigenvalue weighted by atomic mass is 10.2. The molecule has 0 bridgehead atoms. The van der Waals surface area contributed by atoms with Crippen molar-refractivity contribution in [2.24, 2.45) is 0 Å². The normalized spacial score (nSPS) is 11.0. The first-order chi connectivity index (χ1) is 9.02. The van der Waals surface area contributed by atoms with E-state index in [1.54, 1.807) is 11.5 Å². The predicted octanol–water partition coefficient (Wildman–Crippen LogP) is 1.53. The first-order valence-electron chi connectivity index (χ1n) is 5.95. The van der Waals surface area contributed by atoms with Crippen molar-refractivity contribution < 1.29 is 14.1 Å². The summed E-state index contributed by atoms with van der Waals surface area (Å²) in [6.45, 7) is 6.07. The van der Waals surface area contributed by atoms with Gasteiger partial charge in [-0.05, 0) is 6.92 Å². The van der Waals surface area contributed by atoms with Crippen LogP contribution in [0.15, 0.2) is 10.7 Å². The number of hydrogen-bond acceptors (Lipinski definition) is 6. The Kier molecular flexibility index (Phi) is 3.64. The Morgan fingerprint density at radius 3 is 2.84 bits per heavy atom. The van der Waals surface area contributed by atoms with E-state index in [-0.39, 0.29) is 5.92 Å². The van der Waals surface area contributed by atoms with Crippen molar-refractivity contribution in [1.29, 1.82) is 0 Å². The van der Waals surface area contributed by atoms with E-state index in [9.17, 15) is 4.79 Å². The van der Waals surface area contributed by atoms with Gasteiger partial charge in [0.1, 0.15) is 11.5 Å². The first kappa shape index (κ1) is 13.3. The zero-order valence-electron chi connectivity index (χ0n) is 11.4. The van der Waals surface area contributed by atoms with Gasteiger partial charge in [0.2, 0.25) is 5.89 Å². The summed E-state index contributed by atoms with van der Waals surface area (Å²) < 4.78 is 11.5. The highest BCUT2D eigenvalue weighted by atomic mass is 16.5. The van der Waals surface area contributed by atoms with Gasteiger partial charge in [-0.3, -0.25) is 0 Å². The Labute approximate surface area is 110 Å². The van der Waals surface area contributed by atoms with Crippen molar-refractivity contribution in [2.45, 2.75) is 33.2 Å². The highest BCUT2D eigenvalue weighted by Gasteiger charge is 2.17. The van der Waals surface area contributed by atoms with E-state index in [4.69, 9.17) is 9.26 Å². The summed E-state index contributed by atoms with van der Waals surface area (Å²) in [5.41, 5.74) is 0.371. The molecule has 0 radical (unpaired) electrons. The van der Waals surface area contributed by atoms with Crippen molar-refractivity contribution >= 4 is 5.97 Å². The average molecular weight is 264 g/mol. The molecule has 0 spiro atoms. The number of carbonyl (C=O) groups is 1. The highest BCUT2D eigenvalue weighted by molar-refractivity contribution is 5.87. The van der Waals surface area contributed by atoms with E-state index in [0.29, 0.717) is 29.8 Å². The molecule has 2 heterocycles. The van der Waals surface area contributed by atoms with Crippen molar-refractivity contribution in [3.8, 4) is 0 Å². The van der Waals surface area contributed by atoms with Gasteiger partial charge in [-0.2, -0.15) is 4.98 Å². The van der Waals surface area contributed by atoms with E-state index in [1.165, 1.54) is 13.3 Å². The summed E-state index contributed by atoms with van der Waals surface area (Å²) in [5, 5.41) is 3.89. The van der Waals surface area contributed by atoms with Crippen LogP contribution < -0.4 is 0 Å². The zero-order valence-corrected chi connectivity index (χ0v) is 11.4. The van der Waals surface area contributed by atoms with Crippen LogP contribution in [0.25, 0.3) is 0 Å². The van der Waals surface area contributed by atoms with Crippen molar-refractivity contribution in [3.63, 3.8) is 0 Å². The molecule has 0 amide bonds. The number of methoxy groups -OCH3 is 1. The largest absolute Gasteiger partial charge is 0.464 e. The van der Waals surface area contributed by atoms with Gasteiger partial charge in [0, 0.05) is 5.92 Å². The maximum atomic E-state index is 11.6. The van der Waals surface area contributed by atoms with Crippen LogP contribution in [0, 0.1) is 6.92 Å². The lowest BCUT2D eigenvalue weighted by Gasteiger charge is -2.05. The standard InChI is InChI=1S/C12H16N4O3/c1-7(2)11-14-10(15-19-11)6-16-8(3)13-5-9(16)12(17)18-4/h5,7H,6H2,1-4H3. The number of hydrogen-bond donors (Lipinski definition) is 0. The molecule has 0 N–H and O–H groups in total. The molecule has 0 aliphatic rings. The number of esters is 1. The molecule has 0 fully saturated rings. The van der Waals surface area contributed by atoms with Gasteiger partial charge in [-0.25, -0.2) is 9.78 Å². The van der Waals surface area contributed by atoms with Crippen LogP contribution in [0.3, 0.4) is 0 Å². The Morgan fingerprint density at radius 1 is 1.53 bits per heavy atom. The predicted molar refractivity (Wildman–Crippen MR) is 65.8 cm³/mol. The number of ether oxygens (including phenoxy) is 1. The Morgan fingerprint density at radius 2 is 2.26 bits per heavy atom. The van der Waals surface area contributed by atoms with E-state index < -0.39 is 5.97 Å². The molecule has 0 aromatic carbocycles. The monoisotopic (exact) mass is 264 g/mol. The van der Waals surface area contributed by atoms with Crippen molar-refractivity contribution in [2.75, 3.05) is 7.11 Å². The molecule has 7 nitrogen and oxygen atoms in total. The van der Waals surface area contributed by atoms with Crippen LogP contribution in [0.2, 0.25) is 0 Å². The van der Waals surface area contributed by atoms with Gasteiger partial charge >= 0.3 is 5.97 Å².